The van der Waals surface area contributed by atoms with Crippen LogP contribution in [-0.2, 0) is 13.1 Å². The zero-order valence-electron chi connectivity index (χ0n) is 18.0. The molecule has 31 heavy (non-hydrogen) atoms. The number of para-hydroxylation sites is 2. The van der Waals surface area contributed by atoms with E-state index in [4.69, 9.17) is 5.73 Å². The van der Waals surface area contributed by atoms with Crippen molar-refractivity contribution >= 4 is 27.8 Å². The number of benzene rings is 3. The molecule has 5 nitrogen and oxygen atoms in total. The van der Waals surface area contributed by atoms with Crippen LogP contribution in [0.2, 0.25) is 0 Å². The van der Waals surface area contributed by atoms with Gasteiger partial charge in [-0.3, -0.25) is 5.73 Å². The Morgan fingerprint density at radius 1 is 0.871 bits per heavy atom. The van der Waals surface area contributed by atoms with Crippen molar-refractivity contribution in [2.24, 2.45) is 0 Å². The van der Waals surface area contributed by atoms with Crippen LogP contribution in [-0.4, -0.2) is 34.2 Å². The van der Waals surface area contributed by atoms with Crippen molar-refractivity contribution in [3.05, 3.63) is 72.3 Å². The van der Waals surface area contributed by atoms with Gasteiger partial charge in [-0.1, -0.05) is 61.0 Å². The van der Waals surface area contributed by atoms with Crippen LogP contribution in [0.1, 0.15) is 30.9 Å². The Morgan fingerprint density at radius 3 is 2.48 bits per heavy atom. The zero-order chi connectivity index (χ0) is 21.2. The lowest BCUT2D eigenvalue weighted by Crippen LogP contribution is -2.40. The fraction of sp³-hybridized carbons (Fsp3) is 0.346. The Bertz CT molecular complexity index is 1190. The minimum atomic E-state index is -0.639. The lowest BCUT2D eigenvalue weighted by atomic mass is 10.0. The van der Waals surface area contributed by atoms with Gasteiger partial charge >= 0.3 is 5.95 Å². The zero-order valence-corrected chi connectivity index (χ0v) is 18.0. The standard InChI is InChI=1S/C26H30N4O/c27-26-29(18-17-28-15-6-1-7-16-28)23-13-4-5-14-24(23)30(26)19-25(31)22-12-8-10-20-9-2-3-11-21(20)22/h2-5,8-14,25,27,31H,1,6-7,15-19H2/p+1/t25-/m0/s1. The van der Waals surface area contributed by atoms with Gasteiger partial charge in [0, 0.05) is 6.54 Å². The molecule has 3 aromatic carbocycles. The monoisotopic (exact) mass is 415 g/mol. The topological polar surface area (TPSA) is 58.3 Å². The molecule has 1 aliphatic rings. The molecular weight excluding hydrogens is 384 g/mol. The minimum absolute atomic E-state index is 0.428. The highest BCUT2D eigenvalue weighted by atomic mass is 16.3. The van der Waals surface area contributed by atoms with Crippen LogP contribution < -0.4 is 10.3 Å². The summed E-state index contributed by atoms with van der Waals surface area (Å²) in [5.74, 6) is 0.706. The average Bonchev–Trinajstić information content (AvgIpc) is 3.08. The van der Waals surface area contributed by atoms with Crippen LogP contribution in [0.25, 0.3) is 21.8 Å². The minimum Gasteiger partial charge on any atom is -0.385 e. The molecule has 160 valence electrons. The number of likely N-dealkylation sites (tertiary alicyclic amines) is 1. The molecule has 1 atom stereocenters. The third-order valence-electron chi connectivity index (χ3n) is 6.64. The summed E-state index contributed by atoms with van der Waals surface area (Å²) in [7, 11) is 0. The van der Waals surface area contributed by atoms with E-state index in [1.54, 1.807) is 0 Å². The van der Waals surface area contributed by atoms with Crippen molar-refractivity contribution in [3.63, 3.8) is 0 Å². The van der Waals surface area contributed by atoms with Gasteiger partial charge in [0.15, 0.2) is 0 Å². The van der Waals surface area contributed by atoms with Crippen LogP contribution in [0.4, 0.5) is 5.95 Å². The number of imidazole rings is 1. The number of aliphatic hydroxyl groups excluding tert-OH is 1. The Labute approximate surface area is 183 Å². The van der Waals surface area contributed by atoms with E-state index in [0.29, 0.717) is 12.5 Å². The number of piperidine rings is 1. The molecule has 1 aromatic heterocycles. The molecule has 0 unspecified atom stereocenters. The molecule has 1 saturated heterocycles. The number of nitrogen functional groups attached to an aromatic ring is 1. The van der Waals surface area contributed by atoms with E-state index >= 15 is 0 Å². The first kappa shape index (κ1) is 20.0. The predicted molar refractivity (Wildman–Crippen MR) is 126 cm³/mol. The van der Waals surface area contributed by atoms with Crippen molar-refractivity contribution in [1.82, 2.24) is 9.47 Å². The van der Waals surface area contributed by atoms with Crippen LogP contribution in [0.3, 0.4) is 0 Å². The first-order chi connectivity index (χ1) is 15.2. The first-order valence-corrected chi connectivity index (χ1v) is 11.4. The summed E-state index contributed by atoms with van der Waals surface area (Å²) in [6.45, 7) is 4.66. The van der Waals surface area contributed by atoms with E-state index in [0.717, 1.165) is 40.5 Å². The van der Waals surface area contributed by atoms with Crippen LogP contribution in [0.15, 0.2) is 66.7 Å². The fourth-order valence-corrected chi connectivity index (χ4v) is 4.98. The Morgan fingerprint density at radius 2 is 1.61 bits per heavy atom. The van der Waals surface area contributed by atoms with Gasteiger partial charge in [-0.05, 0) is 54.4 Å². The lowest BCUT2D eigenvalue weighted by molar-refractivity contribution is -0.666. The molecule has 0 spiro atoms. The van der Waals surface area contributed by atoms with Crippen LogP contribution in [0.5, 0.6) is 0 Å². The maximum atomic E-state index is 11.2. The summed E-state index contributed by atoms with van der Waals surface area (Å²) in [4.78, 5) is 2.53. The van der Waals surface area contributed by atoms with Crippen molar-refractivity contribution in [3.8, 4) is 0 Å². The predicted octanol–water partition coefficient (Wildman–Crippen LogP) is 3.88. The molecule has 3 N–H and O–H groups in total. The first-order valence-electron chi connectivity index (χ1n) is 11.4. The van der Waals surface area contributed by atoms with E-state index in [1.807, 2.05) is 30.3 Å². The second kappa shape index (κ2) is 8.69. The summed E-state index contributed by atoms with van der Waals surface area (Å²) in [5, 5.41) is 13.4. The highest BCUT2D eigenvalue weighted by Crippen LogP contribution is 2.26. The Balaban J connectivity index is 1.46. The van der Waals surface area contributed by atoms with Gasteiger partial charge in [0.25, 0.3) is 0 Å². The van der Waals surface area contributed by atoms with Crippen LogP contribution >= 0.6 is 0 Å². The molecule has 0 saturated carbocycles. The second-order valence-electron chi connectivity index (χ2n) is 8.60. The molecule has 2 heterocycles. The third kappa shape index (κ3) is 3.91. The molecule has 0 amide bonds. The number of nitrogens with zero attached hydrogens (tertiary/aromatic N) is 3. The van der Waals surface area contributed by atoms with Crippen molar-refractivity contribution in [2.45, 2.75) is 38.5 Å². The highest BCUT2D eigenvalue weighted by molar-refractivity contribution is 5.86. The number of nitrogens with two attached hydrogens (primary N) is 1. The Hall–Kier alpha value is -2.89. The summed E-state index contributed by atoms with van der Waals surface area (Å²) < 4.78 is 4.28. The number of fused-ring (bicyclic) bond motifs is 2. The van der Waals surface area contributed by atoms with Gasteiger partial charge in [0.05, 0.1) is 6.54 Å². The largest absolute Gasteiger partial charge is 0.385 e. The van der Waals surface area contributed by atoms with Gasteiger partial charge in [-0.2, -0.15) is 0 Å². The number of aliphatic hydroxyl groups is 1. The third-order valence-corrected chi connectivity index (χ3v) is 6.64. The summed E-state index contributed by atoms with van der Waals surface area (Å²) in [6.07, 6.45) is 3.29. The quantitative estimate of drug-likeness (QED) is 0.470. The van der Waals surface area contributed by atoms with Crippen molar-refractivity contribution in [2.75, 3.05) is 25.4 Å². The van der Waals surface area contributed by atoms with E-state index in [-0.39, 0.29) is 0 Å². The molecule has 5 rings (SSSR count). The van der Waals surface area contributed by atoms with Crippen LogP contribution in [0, 0.1) is 0 Å². The van der Waals surface area contributed by atoms with E-state index in [2.05, 4.69) is 50.4 Å². The molecule has 4 aromatic rings. The SMILES string of the molecule is Nc1n(CCN2CCCCC2)c2ccccc2[n+]1C[C@H](O)c1cccc2ccccc12. The molecule has 1 aliphatic heterocycles. The number of hydrogen-bond acceptors (Lipinski definition) is 3. The highest BCUT2D eigenvalue weighted by Gasteiger charge is 2.24. The maximum absolute atomic E-state index is 11.2. The normalized spacial score (nSPS) is 16.2. The van der Waals surface area contributed by atoms with E-state index < -0.39 is 6.10 Å². The molecule has 5 heteroatoms. The lowest BCUT2D eigenvalue weighted by Gasteiger charge is -2.25. The van der Waals surface area contributed by atoms with Gasteiger partial charge in [0.1, 0.15) is 23.7 Å². The molecule has 0 radical (unpaired) electrons. The number of hydrogen-bond donors (Lipinski definition) is 2. The van der Waals surface area contributed by atoms with Crippen molar-refractivity contribution < 1.29 is 9.67 Å². The Kier molecular flexibility index (Phi) is 5.62. The average molecular weight is 416 g/mol. The van der Waals surface area contributed by atoms with Crippen molar-refractivity contribution in [1.29, 1.82) is 0 Å². The molecule has 1 fully saturated rings. The van der Waals surface area contributed by atoms with E-state index in [9.17, 15) is 5.11 Å². The smallest absolute Gasteiger partial charge is 0.356 e. The molecule has 0 bridgehead atoms. The fourth-order valence-electron chi connectivity index (χ4n) is 4.98. The number of anilines is 1. The maximum Gasteiger partial charge on any atom is 0.356 e. The molecule has 0 aliphatic carbocycles. The second-order valence-corrected chi connectivity index (χ2v) is 8.60. The van der Waals surface area contributed by atoms with E-state index in [1.165, 1.54) is 32.4 Å². The van der Waals surface area contributed by atoms with Gasteiger partial charge in [-0.25, -0.2) is 9.13 Å². The van der Waals surface area contributed by atoms with Gasteiger partial charge in [0.2, 0.25) is 0 Å². The number of rotatable bonds is 6. The van der Waals surface area contributed by atoms with Gasteiger partial charge in [-0.15, -0.1) is 0 Å². The summed E-state index contributed by atoms with van der Waals surface area (Å²) >= 11 is 0. The summed E-state index contributed by atoms with van der Waals surface area (Å²) in [5.41, 5.74) is 9.80. The summed E-state index contributed by atoms with van der Waals surface area (Å²) in [6, 6.07) is 22.6. The van der Waals surface area contributed by atoms with Gasteiger partial charge < -0.3 is 10.0 Å². The molecular formula is C26H31N4O+. The number of aromatic nitrogens is 2.